The molecule has 0 unspecified atom stereocenters. The fourth-order valence-electron chi connectivity index (χ4n) is 2.50. The van der Waals surface area contributed by atoms with Crippen molar-refractivity contribution in [1.82, 2.24) is 9.78 Å². The van der Waals surface area contributed by atoms with Gasteiger partial charge in [-0.3, -0.25) is 4.79 Å². The van der Waals surface area contributed by atoms with Gasteiger partial charge in [0.1, 0.15) is 0 Å². The summed E-state index contributed by atoms with van der Waals surface area (Å²) in [6, 6.07) is 14.5. The minimum Gasteiger partial charge on any atom is -0.493 e. The molecular formula is C19H19N3O3. The van der Waals surface area contributed by atoms with Crippen LogP contribution < -0.4 is 14.8 Å². The van der Waals surface area contributed by atoms with Gasteiger partial charge in [0.05, 0.1) is 31.3 Å². The van der Waals surface area contributed by atoms with Crippen LogP contribution in [0.2, 0.25) is 0 Å². The van der Waals surface area contributed by atoms with Crippen LogP contribution in [0.4, 0.5) is 5.69 Å². The molecule has 25 heavy (non-hydrogen) atoms. The quantitative estimate of drug-likeness (QED) is 0.774. The Labute approximate surface area is 146 Å². The first-order valence-electron chi connectivity index (χ1n) is 7.77. The molecule has 1 N–H and O–H groups in total. The number of carbonyl (C=O) groups excluding carboxylic acids is 1. The average Bonchev–Trinajstić information content (AvgIpc) is 3.07. The van der Waals surface area contributed by atoms with E-state index in [0.29, 0.717) is 22.7 Å². The smallest absolute Gasteiger partial charge is 0.255 e. The zero-order chi connectivity index (χ0) is 17.8. The van der Waals surface area contributed by atoms with E-state index in [1.165, 1.54) is 7.11 Å². The molecule has 0 aliphatic heterocycles. The Hall–Kier alpha value is -3.28. The van der Waals surface area contributed by atoms with E-state index in [-0.39, 0.29) is 5.91 Å². The minimum absolute atomic E-state index is 0.239. The number of benzene rings is 2. The summed E-state index contributed by atoms with van der Waals surface area (Å²) in [6.45, 7) is 1.92. The van der Waals surface area contributed by atoms with Crippen LogP contribution in [0.1, 0.15) is 16.1 Å². The lowest BCUT2D eigenvalue weighted by atomic mass is 10.1. The number of nitrogens with zero attached hydrogens (tertiary/aromatic N) is 2. The molecule has 0 saturated carbocycles. The largest absolute Gasteiger partial charge is 0.493 e. The van der Waals surface area contributed by atoms with Gasteiger partial charge < -0.3 is 14.8 Å². The lowest BCUT2D eigenvalue weighted by Gasteiger charge is -2.12. The first kappa shape index (κ1) is 16.6. The molecule has 3 rings (SSSR count). The van der Waals surface area contributed by atoms with E-state index in [0.717, 1.165) is 11.4 Å². The number of carbonyl (C=O) groups is 1. The second-order valence-corrected chi connectivity index (χ2v) is 5.44. The van der Waals surface area contributed by atoms with Crippen LogP contribution in [0.15, 0.2) is 54.7 Å². The Morgan fingerprint density at radius 2 is 1.80 bits per heavy atom. The summed E-state index contributed by atoms with van der Waals surface area (Å²) in [6.07, 6.45) is 1.86. The second kappa shape index (κ2) is 7.09. The number of rotatable bonds is 5. The van der Waals surface area contributed by atoms with Gasteiger partial charge in [0, 0.05) is 11.8 Å². The third-order valence-corrected chi connectivity index (χ3v) is 3.77. The molecule has 1 amide bonds. The number of aryl methyl sites for hydroxylation is 1. The highest BCUT2D eigenvalue weighted by Gasteiger charge is 2.13. The zero-order valence-electron chi connectivity index (χ0n) is 14.3. The molecule has 0 aliphatic rings. The predicted molar refractivity (Wildman–Crippen MR) is 95.8 cm³/mol. The summed E-state index contributed by atoms with van der Waals surface area (Å²) in [7, 11) is 3.09. The van der Waals surface area contributed by atoms with Crippen LogP contribution in [0.5, 0.6) is 11.5 Å². The number of hydrogen-bond acceptors (Lipinski definition) is 4. The van der Waals surface area contributed by atoms with E-state index in [4.69, 9.17) is 9.47 Å². The Balaban J connectivity index is 1.89. The van der Waals surface area contributed by atoms with Gasteiger partial charge in [-0.1, -0.05) is 12.1 Å². The zero-order valence-corrected chi connectivity index (χ0v) is 14.3. The summed E-state index contributed by atoms with van der Waals surface area (Å²) in [5, 5.41) is 7.33. The Kier molecular flexibility index (Phi) is 4.70. The molecule has 6 nitrogen and oxygen atoms in total. The number of aromatic nitrogens is 2. The van der Waals surface area contributed by atoms with Gasteiger partial charge in [-0.15, -0.1) is 0 Å². The van der Waals surface area contributed by atoms with Crippen LogP contribution in [-0.2, 0) is 0 Å². The SMILES string of the molecule is COc1ccc(C(=O)Nc2ccccc2-n2ccc(C)n2)cc1OC. The molecule has 3 aromatic rings. The van der Waals surface area contributed by atoms with Gasteiger partial charge in [0.15, 0.2) is 11.5 Å². The normalized spacial score (nSPS) is 10.4. The Morgan fingerprint density at radius 3 is 2.48 bits per heavy atom. The molecule has 0 saturated heterocycles. The van der Waals surface area contributed by atoms with Crippen molar-refractivity contribution in [3.05, 3.63) is 66.0 Å². The number of para-hydroxylation sites is 2. The van der Waals surface area contributed by atoms with Crippen molar-refractivity contribution >= 4 is 11.6 Å². The van der Waals surface area contributed by atoms with Crippen molar-refractivity contribution in [3.63, 3.8) is 0 Å². The number of methoxy groups -OCH3 is 2. The van der Waals surface area contributed by atoms with Crippen molar-refractivity contribution < 1.29 is 14.3 Å². The van der Waals surface area contributed by atoms with E-state index in [9.17, 15) is 4.79 Å². The van der Waals surface area contributed by atoms with Crippen LogP contribution in [-0.4, -0.2) is 29.9 Å². The molecule has 1 aromatic heterocycles. The number of ether oxygens (including phenoxy) is 2. The van der Waals surface area contributed by atoms with Gasteiger partial charge in [0.2, 0.25) is 0 Å². The number of hydrogen-bond donors (Lipinski definition) is 1. The molecule has 0 radical (unpaired) electrons. The second-order valence-electron chi connectivity index (χ2n) is 5.44. The molecule has 6 heteroatoms. The van der Waals surface area contributed by atoms with Crippen LogP contribution in [0, 0.1) is 6.92 Å². The molecule has 0 bridgehead atoms. The van der Waals surface area contributed by atoms with Crippen LogP contribution in [0.25, 0.3) is 5.69 Å². The molecule has 128 valence electrons. The molecule has 0 atom stereocenters. The standard InChI is InChI=1S/C19H19N3O3/c1-13-10-11-22(21-13)16-7-5-4-6-15(16)20-19(23)14-8-9-17(24-2)18(12-14)25-3/h4-12H,1-3H3,(H,20,23). The van der Waals surface area contributed by atoms with Crippen molar-refractivity contribution in [2.75, 3.05) is 19.5 Å². The van der Waals surface area contributed by atoms with E-state index < -0.39 is 0 Å². The lowest BCUT2D eigenvalue weighted by Crippen LogP contribution is -2.14. The van der Waals surface area contributed by atoms with E-state index in [1.807, 2.05) is 43.5 Å². The first-order chi connectivity index (χ1) is 12.1. The Morgan fingerprint density at radius 1 is 1.04 bits per heavy atom. The maximum Gasteiger partial charge on any atom is 0.255 e. The van der Waals surface area contributed by atoms with Crippen molar-refractivity contribution in [2.45, 2.75) is 6.92 Å². The monoisotopic (exact) mass is 337 g/mol. The fourth-order valence-corrected chi connectivity index (χ4v) is 2.50. The molecule has 1 heterocycles. The van der Waals surface area contributed by atoms with Crippen LogP contribution >= 0.6 is 0 Å². The summed E-state index contributed by atoms with van der Waals surface area (Å²) in [4.78, 5) is 12.6. The Bertz CT molecular complexity index is 902. The average molecular weight is 337 g/mol. The van der Waals surface area contributed by atoms with Crippen molar-refractivity contribution in [1.29, 1.82) is 0 Å². The minimum atomic E-state index is -0.239. The number of anilines is 1. The molecule has 0 aliphatic carbocycles. The third-order valence-electron chi connectivity index (χ3n) is 3.77. The van der Waals surface area contributed by atoms with Gasteiger partial charge in [-0.2, -0.15) is 5.10 Å². The molecule has 0 fully saturated rings. The summed E-state index contributed by atoms with van der Waals surface area (Å²) < 4.78 is 12.2. The highest BCUT2D eigenvalue weighted by atomic mass is 16.5. The fraction of sp³-hybridized carbons (Fsp3) is 0.158. The van der Waals surface area contributed by atoms with Gasteiger partial charge in [0.25, 0.3) is 5.91 Å². The maximum atomic E-state index is 12.6. The maximum absolute atomic E-state index is 12.6. The van der Waals surface area contributed by atoms with Gasteiger partial charge in [-0.25, -0.2) is 4.68 Å². The third kappa shape index (κ3) is 3.47. The highest BCUT2D eigenvalue weighted by Crippen LogP contribution is 2.28. The van der Waals surface area contributed by atoms with E-state index >= 15 is 0 Å². The van der Waals surface area contributed by atoms with E-state index in [1.54, 1.807) is 30.0 Å². The summed E-state index contributed by atoms with van der Waals surface area (Å²) in [5.41, 5.74) is 2.85. The highest BCUT2D eigenvalue weighted by molar-refractivity contribution is 6.05. The van der Waals surface area contributed by atoms with E-state index in [2.05, 4.69) is 10.4 Å². The molecule has 2 aromatic carbocycles. The van der Waals surface area contributed by atoms with Crippen LogP contribution in [0.3, 0.4) is 0 Å². The summed E-state index contributed by atoms with van der Waals surface area (Å²) in [5.74, 6) is 0.842. The number of nitrogens with one attached hydrogen (secondary N) is 1. The number of amides is 1. The topological polar surface area (TPSA) is 65.4 Å². The first-order valence-corrected chi connectivity index (χ1v) is 7.77. The van der Waals surface area contributed by atoms with Gasteiger partial charge >= 0.3 is 0 Å². The summed E-state index contributed by atoms with van der Waals surface area (Å²) >= 11 is 0. The van der Waals surface area contributed by atoms with Crippen molar-refractivity contribution in [2.24, 2.45) is 0 Å². The van der Waals surface area contributed by atoms with Crippen molar-refractivity contribution in [3.8, 4) is 17.2 Å². The lowest BCUT2D eigenvalue weighted by molar-refractivity contribution is 0.102. The predicted octanol–water partition coefficient (Wildman–Crippen LogP) is 3.45. The van der Waals surface area contributed by atoms with Gasteiger partial charge in [-0.05, 0) is 43.3 Å². The molecular weight excluding hydrogens is 318 g/mol. The molecule has 0 spiro atoms.